The van der Waals surface area contributed by atoms with Crippen molar-refractivity contribution in [2.75, 3.05) is 13.2 Å². The summed E-state index contributed by atoms with van der Waals surface area (Å²) in [5, 5.41) is 0. The van der Waals surface area contributed by atoms with Gasteiger partial charge in [0.1, 0.15) is 12.4 Å². The molecule has 0 bridgehead atoms. The number of hydrogen-bond donors (Lipinski definition) is 0. The second-order valence-corrected chi connectivity index (χ2v) is 12.2. The van der Waals surface area contributed by atoms with E-state index in [-0.39, 0.29) is 51.0 Å². The topological polar surface area (TPSA) is 18.5 Å². The van der Waals surface area contributed by atoms with Crippen LogP contribution in [0.1, 0.15) is 31.4 Å². The number of hydrogen-bond acceptors (Lipinski definition) is 2. The number of allylic oxidation sites excluding steroid dienone is 6. The molecule has 6 heteroatoms. The molecule has 28 heavy (non-hydrogen) atoms. The third-order valence-electron chi connectivity index (χ3n) is 4.25. The number of rotatable bonds is 6. The van der Waals surface area contributed by atoms with Gasteiger partial charge in [0.15, 0.2) is 8.32 Å². The first-order valence-corrected chi connectivity index (χ1v) is 12.3. The summed E-state index contributed by atoms with van der Waals surface area (Å²) in [6.45, 7) is 12.2. The number of halogens is 2. The van der Waals surface area contributed by atoms with Gasteiger partial charge in [-0.2, -0.15) is 0 Å². The van der Waals surface area contributed by atoms with E-state index in [0.29, 0.717) is 13.2 Å². The van der Waals surface area contributed by atoms with Gasteiger partial charge in [0.05, 0.1) is 6.61 Å². The van der Waals surface area contributed by atoms with Crippen LogP contribution in [0.2, 0.25) is 19.6 Å². The Morgan fingerprint density at radius 2 is 1.75 bits per heavy atom. The molecule has 2 nitrogen and oxygen atoms in total. The maximum atomic E-state index is 5.89. The number of fused-ring (bicyclic) bond motifs is 1. The summed E-state index contributed by atoms with van der Waals surface area (Å²) < 4.78 is 11.7. The molecule has 1 aromatic carbocycles. The SMILES string of the molecule is CC(C)=C1C(C2=CC(OCCO[Si](C)(C)C)=CC2)=[C-]c2ccccc21.[Cl-].[Cl-].[Zr+3]. The minimum Gasteiger partial charge on any atom is -1.00 e. The maximum Gasteiger partial charge on any atom is 3.00 e. The van der Waals surface area contributed by atoms with Crippen molar-refractivity contribution in [2.45, 2.75) is 39.9 Å². The van der Waals surface area contributed by atoms with Gasteiger partial charge < -0.3 is 34.0 Å². The minimum absolute atomic E-state index is 0. The molecule has 2 aliphatic rings. The van der Waals surface area contributed by atoms with Crippen molar-refractivity contribution in [2.24, 2.45) is 0 Å². The summed E-state index contributed by atoms with van der Waals surface area (Å²) >= 11 is 0. The Morgan fingerprint density at radius 3 is 2.39 bits per heavy atom. The van der Waals surface area contributed by atoms with Crippen LogP contribution in [0.15, 0.2) is 58.9 Å². The van der Waals surface area contributed by atoms with Gasteiger partial charge in [0.2, 0.25) is 0 Å². The monoisotopic (exact) mass is 511 g/mol. The van der Waals surface area contributed by atoms with E-state index in [1.165, 1.54) is 33.4 Å². The maximum absolute atomic E-state index is 5.89. The van der Waals surface area contributed by atoms with E-state index in [4.69, 9.17) is 9.16 Å². The largest absolute Gasteiger partial charge is 3.00 e. The van der Waals surface area contributed by atoms with Crippen LogP contribution in [0.5, 0.6) is 0 Å². The Morgan fingerprint density at radius 1 is 1.07 bits per heavy atom. The quantitative estimate of drug-likeness (QED) is 0.295. The van der Waals surface area contributed by atoms with Crippen LogP contribution >= 0.6 is 0 Å². The second kappa shape index (κ2) is 11.7. The van der Waals surface area contributed by atoms with E-state index < -0.39 is 8.32 Å². The zero-order valence-electron chi connectivity index (χ0n) is 17.2. The van der Waals surface area contributed by atoms with Crippen LogP contribution in [0.3, 0.4) is 0 Å². The Balaban J connectivity index is 0.00000243. The first-order chi connectivity index (χ1) is 11.8. The zero-order chi connectivity index (χ0) is 18.0. The molecule has 0 unspecified atom stereocenters. The van der Waals surface area contributed by atoms with Crippen molar-refractivity contribution >= 4 is 13.9 Å². The molecule has 0 saturated heterocycles. The standard InChI is InChI=1S/C22H27O2Si.2ClH.Zr/c1-16(2)22-20-9-7-6-8-17(20)15-21(22)18-10-11-19(14-18)23-12-13-24-25(3,4)5;;;/h6-9,11,14H,10,12-13H2,1-5H3;2*1H;/q-1;;;+3/p-2. The van der Waals surface area contributed by atoms with Gasteiger partial charge in [0.25, 0.3) is 0 Å². The van der Waals surface area contributed by atoms with Gasteiger partial charge in [-0.1, -0.05) is 37.6 Å². The first kappa shape index (κ1) is 27.6. The van der Waals surface area contributed by atoms with E-state index in [0.717, 1.165) is 12.2 Å². The smallest absolute Gasteiger partial charge is 1.00 e. The molecular formula is C22H27Cl2O2SiZr. The van der Waals surface area contributed by atoms with Gasteiger partial charge in [-0.15, -0.1) is 40.0 Å². The van der Waals surface area contributed by atoms with Gasteiger partial charge in [-0.25, -0.2) is 0 Å². The van der Waals surface area contributed by atoms with Gasteiger partial charge in [-0.05, 0) is 38.2 Å². The predicted molar refractivity (Wildman–Crippen MR) is 107 cm³/mol. The molecule has 0 fully saturated rings. The van der Waals surface area contributed by atoms with Crippen molar-refractivity contribution in [1.29, 1.82) is 0 Å². The van der Waals surface area contributed by atoms with Crippen LogP contribution < -0.4 is 24.8 Å². The average molecular weight is 514 g/mol. The van der Waals surface area contributed by atoms with Crippen LogP contribution in [0.25, 0.3) is 5.57 Å². The van der Waals surface area contributed by atoms with Crippen molar-refractivity contribution < 1.29 is 60.2 Å². The fourth-order valence-corrected chi connectivity index (χ4v) is 3.88. The molecule has 2 aliphatic carbocycles. The Labute approximate surface area is 202 Å². The predicted octanol–water partition coefficient (Wildman–Crippen LogP) is -0.341. The van der Waals surface area contributed by atoms with E-state index in [2.05, 4.69) is 76.0 Å². The fraction of sp³-hybridized carbons (Fsp3) is 0.364. The van der Waals surface area contributed by atoms with Crippen molar-refractivity contribution in [3.63, 3.8) is 0 Å². The Kier molecular flexibility index (Phi) is 11.6. The number of benzene rings is 1. The van der Waals surface area contributed by atoms with Gasteiger partial charge in [0, 0.05) is 0 Å². The van der Waals surface area contributed by atoms with E-state index in [1.54, 1.807) is 0 Å². The minimum atomic E-state index is -1.46. The van der Waals surface area contributed by atoms with Crippen molar-refractivity contribution in [3.8, 4) is 0 Å². The Bertz CT molecular complexity index is 801. The molecule has 0 heterocycles. The summed E-state index contributed by atoms with van der Waals surface area (Å²) in [7, 11) is -1.46. The molecule has 0 spiro atoms. The zero-order valence-corrected chi connectivity index (χ0v) is 22.1. The molecule has 0 aromatic heterocycles. The van der Waals surface area contributed by atoms with E-state index >= 15 is 0 Å². The first-order valence-electron chi connectivity index (χ1n) is 8.94. The van der Waals surface area contributed by atoms with Crippen LogP contribution in [-0.2, 0) is 35.4 Å². The van der Waals surface area contributed by atoms with Crippen LogP contribution in [-0.4, -0.2) is 21.5 Å². The fourth-order valence-electron chi connectivity index (χ4n) is 3.18. The third kappa shape index (κ3) is 6.85. The summed E-state index contributed by atoms with van der Waals surface area (Å²) in [4.78, 5) is 0. The molecule has 0 atom stereocenters. The van der Waals surface area contributed by atoms with E-state index in [9.17, 15) is 0 Å². The Hall–Kier alpha value is -0.380. The summed E-state index contributed by atoms with van der Waals surface area (Å²) in [6, 6.07) is 8.50. The van der Waals surface area contributed by atoms with Gasteiger partial charge in [-0.3, -0.25) is 0 Å². The van der Waals surface area contributed by atoms with Crippen LogP contribution in [0, 0.1) is 6.08 Å². The van der Waals surface area contributed by atoms with Crippen molar-refractivity contribution in [1.82, 2.24) is 0 Å². The summed E-state index contributed by atoms with van der Waals surface area (Å²) in [6.07, 6.45) is 8.81. The third-order valence-corrected chi connectivity index (χ3v) is 5.32. The summed E-state index contributed by atoms with van der Waals surface area (Å²) in [5.74, 6) is 0.951. The van der Waals surface area contributed by atoms with Crippen molar-refractivity contribution in [3.05, 3.63) is 76.1 Å². The molecule has 0 saturated carbocycles. The molecule has 1 aromatic rings. The molecule has 149 valence electrons. The average Bonchev–Trinajstić information content (AvgIpc) is 3.14. The van der Waals surface area contributed by atoms with Crippen LogP contribution in [0.4, 0.5) is 0 Å². The molecule has 1 radical (unpaired) electrons. The molecule has 3 rings (SSSR count). The molecular weight excluding hydrogens is 486 g/mol. The molecule has 0 N–H and O–H groups in total. The second-order valence-electron chi connectivity index (χ2n) is 7.71. The van der Waals surface area contributed by atoms with E-state index in [1.807, 2.05) is 0 Å². The normalized spacial score (nSPS) is 14.6. The molecule has 0 amide bonds. The number of ether oxygens (including phenoxy) is 1. The van der Waals surface area contributed by atoms with Gasteiger partial charge >= 0.3 is 26.2 Å². The molecule has 0 aliphatic heterocycles. The summed E-state index contributed by atoms with van der Waals surface area (Å²) in [5.41, 5.74) is 7.62.